The van der Waals surface area contributed by atoms with Crippen LogP contribution in [0.25, 0.3) is 0 Å². The minimum absolute atomic E-state index is 0.00845. The van der Waals surface area contributed by atoms with E-state index in [1.54, 1.807) is 6.07 Å². The van der Waals surface area contributed by atoms with Crippen molar-refractivity contribution in [3.63, 3.8) is 0 Å². The Morgan fingerprint density at radius 1 is 1.30 bits per heavy atom. The first-order valence-electron chi connectivity index (χ1n) is 7.31. The van der Waals surface area contributed by atoms with Crippen LogP contribution in [0.2, 0.25) is 0 Å². The molecule has 1 fully saturated rings. The van der Waals surface area contributed by atoms with Crippen molar-refractivity contribution in [2.24, 2.45) is 0 Å². The van der Waals surface area contributed by atoms with E-state index in [9.17, 15) is 10.1 Å². The number of nitrogens with two attached hydrogens (primary N) is 1. The molecule has 0 aliphatic heterocycles. The van der Waals surface area contributed by atoms with Gasteiger partial charge in [-0.3, -0.25) is 15.0 Å². The number of benzene rings is 1. The molecule has 2 N–H and O–H groups in total. The van der Waals surface area contributed by atoms with Crippen molar-refractivity contribution in [2.45, 2.75) is 51.1 Å². The summed E-state index contributed by atoms with van der Waals surface area (Å²) in [6.45, 7) is 0.798. The van der Waals surface area contributed by atoms with Gasteiger partial charge in [-0.25, -0.2) is 0 Å². The van der Waals surface area contributed by atoms with E-state index in [0.29, 0.717) is 6.04 Å². The number of nitro groups is 1. The molecule has 0 heterocycles. The highest BCUT2D eigenvalue weighted by molar-refractivity contribution is 5.59. The first kappa shape index (κ1) is 14.8. The molecule has 0 atom stereocenters. The molecular formula is C15H23N3O2. The van der Waals surface area contributed by atoms with Crippen molar-refractivity contribution in [1.29, 1.82) is 0 Å². The minimum Gasteiger partial charge on any atom is -0.393 e. The molecular weight excluding hydrogens is 254 g/mol. The molecule has 0 amide bonds. The zero-order valence-electron chi connectivity index (χ0n) is 12.0. The Bertz CT molecular complexity index is 468. The van der Waals surface area contributed by atoms with Crippen LogP contribution in [0.1, 0.15) is 44.1 Å². The molecule has 5 heteroatoms. The highest BCUT2D eigenvalue weighted by atomic mass is 16.6. The average molecular weight is 277 g/mol. The number of hydrogen-bond acceptors (Lipinski definition) is 4. The molecule has 20 heavy (non-hydrogen) atoms. The number of nitrogens with zero attached hydrogens (tertiary/aromatic N) is 2. The van der Waals surface area contributed by atoms with E-state index in [2.05, 4.69) is 11.9 Å². The van der Waals surface area contributed by atoms with Gasteiger partial charge in [-0.05, 0) is 31.5 Å². The van der Waals surface area contributed by atoms with Crippen LogP contribution in [-0.2, 0) is 6.54 Å². The first-order valence-corrected chi connectivity index (χ1v) is 7.31. The largest absolute Gasteiger partial charge is 0.393 e. The smallest absolute Gasteiger partial charge is 0.292 e. The molecule has 2 rings (SSSR count). The van der Waals surface area contributed by atoms with Crippen LogP contribution < -0.4 is 5.73 Å². The lowest BCUT2D eigenvalue weighted by Crippen LogP contribution is -2.30. The highest BCUT2D eigenvalue weighted by Gasteiger charge is 2.18. The summed E-state index contributed by atoms with van der Waals surface area (Å²) < 4.78 is 0. The fourth-order valence-corrected chi connectivity index (χ4v) is 2.98. The van der Waals surface area contributed by atoms with E-state index in [1.165, 1.54) is 44.6 Å². The summed E-state index contributed by atoms with van der Waals surface area (Å²) in [5.74, 6) is 0. The molecule has 1 aliphatic carbocycles. The van der Waals surface area contributed by atoms with Crippen LogP contribution in [0.4, 0.5) is 11.4 Å². The number of nitro benzene ring substituents is 1. The maximum Gasteiger partial charge on any atom is 0.292 e. The minimum atomic E-state index is -0.436. The van der Waals surface area contributed by atoms with Crippen LogP contribution in [0.15, 0.2) is 18.2 Å². The Balaban J connectivity index is 2.01. The second-order valence-corrected chi connectivity index (χ2v) is 5.71. The quantitative estimate of drug-likeness (QED) is 0.396. The van der Waals surface area contributed by atoms with Gasteiger partial charge in [0.15, 0.2) is 0 Å². The van der Waals surface area contributed by atoms with Gasteiger partial charge in [0, 0.05) is 18.7 Å². The third-order valence-electron chi connectivity index (χ3n) is 4.17. The molecule has 0 unspecified atom stereocenters. The molecule has 110 valence electrons. The van der Waals surface area contributed by atoms with Crippen molar-refractivity contribution in [3.05, 3.63) is 33.9 Å². The second kappa shape index (κ2) is 6.70. The van der Waals surface area contributed by atoms with Crippen molar-refractivity contribution >= 4 is 11.4 Å². The first-order chi connectivity index (χ1) is 9.58. The number of anilines is 1. The van der Waals surface area contributed by atoms with Crippen molar-refractivity contribution in [1.82, 2.24) is 4.90 Å². The van der Waals surface area contributed by atoms with Gasteiger partial charge in [0.2, 0.25) is 0 Å². The zero-order valence-corrected chi connectivity index (χ0v) is 12.0. The summed E-state index contributed by atoms with van der Waals surface area (Å²) in [5.41, 5.74) is 7.03. The maximum atomic E-state index is 10.8. The van der Waals surface area contributed by atoms with Gasteiger partial charge in [0.05, 0.1) is 4.92 Å². The standard InChI is InChI=1S/C15H23N3O2/c1-17(13-6-4-2-3-5-7-13)11-12-8-9-15(18(19)20)14(16)10-12/h8-10,13H,2-7,11,16H2,1H3. The van der Waals surface area contributed by atoms with E-state index in [1.807, 2.05) is 6.07 Å². The molecule has 1 saturated carbocycles. The Hall–Kier alpha value is -1.62. The van der Waals surface area contributed by atoms with Gasteiger partial charge >= 0.3 is 0 Å². The summed E-state index contributed by atoms with van der Waals surface area (Å²) in [7, 11) is 2.13. The van der Waals surface area contributed by atoms with Gasteiger partial charge in [-0.2, -0.15) is 0 Å². The van der Waals surface area contributed by atoms with E-state index < -0.39 is 4.92 Å². The molecule has 0 radical (unpaired) electrons. The predicted octanol–water partition coefficient (Wildman–Crippen LogP) is 3.33. The molecule has 1 aromatic carbocycles. The molecule has 0 spiro atoms. The fourth-order valence-electron chi connectivity index (χ4n) is 2.98. The highest BCUT2D eigenvalue weighted by Crippen LogP contribution is 2.25. The third kappa shape index (κ3) is 3.70. The molecule has 0 saturated heterocycles. The Morgan fingerprint density at radius 3 is 2.50 bits per heavy atom. The average Bonchev–Trinajstić information content (AvgIpc) is 2.67. The lowest BCUT2D eigenvalue weighted by atomic mass is 10.1. The van der Waals surface area contributed by atoms with Gasteiger partial charge in [-0.15, -0.1) is 0 Å². The second-order valence-electron chi connectivity index (χ2n) is 5.71. The summed E-state index contributed by atoms with van der Waals surface area (Å²) in [6, 6.07) is 5.66. The van der Waals surface area contributed by atoms with Gasteiger partial charge in [0.25, 0.3) is 5.69 Å². The van der Waals surface area contributed by atoms with Gasteiger partial charge in [-0.1, -0.05) is 31.7 Å². The van der Waals surface area contributed by atoms with Crippen LogP contribution in [0.5, 0.6) is 0 Å². The number of nitrogen functional groups attached to an aromatic ring is 1. The number of hydrogen-bond donors (Lipinski definition) is 1. The molecule has 0 bridgehead atoms. The summed E-state index contributed by atoms with van der Waals surface area (Å²) >= 11 is 0. The van der Waals surface area contributed by atoms with Crippen molar-refractivity contribution in [3.8, 4) is 0 Å². The van der Waals surface area contributed by atoms with Gasteiger partial charge in [0.1, 0.15) is 5.69 Å². The molecule has 5 nitrogen and oxygen atoms in total. The Morgan fingerprint density at radius 2 is 1.95 bits per heavy atom. The van der Waals surface area contributed by atoms with Crippen LogP contribution in [-0.4, -0.2) is 22.9 Å². The molecule has 1 aromatic rings. The van der Waals surface area contributed by atoms with Gasteiger partial charge < -0.3 is 5.73 Å². The van der Waals surface area contributed by atoms with E-state index in [0.717, 1.165) is 12.1 Å². The lowest BCUT2D eigenvalue weighted by molar-refractivity contribution is -0.383. The Labute approximate surface area is 119 Å². The summed E-state index contributed by atoms with van der Waals surface area (Å²) in [5, 5.41) is 10.8. The van der Waals surface area contributed by atoms with E-state index in [-0.39, 0.29) is 11.4 Å². The van der Waals surface area contributed by atoms with Crippen molar-refractivity contribution < 1.29 is 4.92 Å². The normalized spacial score (nSPS) is 17.1. The topological polar surface area (TPSA) is 72.4 Å². The molecule has 1 aliphatic rings. The summed E-state index contributed by atoms with van der Waals surface area (Å²) in [6.07, 6.45) is 7.79. The van der Waals surface area contributed by atoms with Crippen LogP contribution >= 0.6 is 0 Å². The predicted molar refractivity (Wildman–Crippen MR) is 80.5 cm³/mol. The van der Waals surface area contributed by atoms with Crippen LogP contribution in [0, 0.1) is 10.1 Å². The molecule has 0 aromatic heterocycles. The number of rotatable bonds is 4. The maximum absolute atomic E-state index is 10.8. The zero-order chi connectivity index (χ0) is 14.5. The van der Waals surface area contributed by atoms with Crippen LogP contribution in [0.3, 0.4) is 0 Å². The Kier molecular flexibility index (Phi) is 4.95. The SMILES string of the molecule is CN(Cc1ccc([N+](=O)[O-])c(N)c1)C1CCCCCC1. The third-order valence-corrected chi connectivity index (χ3v) is 4.17. The van der Waals surface area contributed by atoms with Crippen molar-refractivity contribution in [2.75, 3.05) is 12.8 Å². The summed E-state index contributed by atoms with van der Waals surface area (Å²) in [4.78, 5) is 12.7. The monoisotopic (exact) mass is 277 g/mol. The van der Waals surface area contributed by atoms with E-state index in [4.69, 9.17) is 5.73 Å². The fraction of sp³-hybridized carbons (Fsp3) is 0.600. The van der Waals surface area contributed by atoms with E-state index >= 15 is 0 Å². The lowest BCUT2D eigenvalue weighted by Gasteiger charge is -2.27.